The molecule has 3 heterocycles. The Labute approximate surface area is 198 Å². The number of benzene rings is 1. The second-order valence-electron chi connectivity index (χ2n) is 7.27. The molecule has 0 aliphatic carbocycles. The van der Waals surface area contributed by atoms with E-state index in [9.17, 15) is 13.2 Å². The number of rotatable bonds is 7. The van der Waals surface area contributed by atoms with Gasteiger partial charge in [-0.05, 0) is 54.4 Å². The Kier molecular flexibility index (Phi) is 6.28. The van der Waals surface area contributed by atoms with E-state index in [1.807, 2.05) is 6.07 Å². The lowest BCUT2D eigenvalue weighted by Crippen LogP contribution is -2.41. The van der Waals surface area contributed by atoms with Crippen LogP contribution >= 0.6 is 34.3 Å². The quantitative estimate of drug-likeness (QED) is 0.220. The second-order valence-corrected chi connectivity index (χ2v) is 12.0. The maximum atomic E-state index is 12.9. The minimum atomic E-state index is -3.86. The van der Waals surface area contributed by atoms with Gasteiger partial charge in [0.1, 0.15) is 16.1 Å². The maximum absolute atomic E-state index is 12.9. The number of thiophene rings is 2. The van der Waals surface area contributed by atoms with E-state index in [1.54, 1.807) is 35.2 Å². The first-order valence-electron chi connectivity index (χ1n) is 9.53. The molecular formula is C20H20ClN5O3S3. The fraction of sp³-hybridized carbons (Fsp3) is 0.200. The molecule has 3 aromatic rings. The third-order valence-electron chi connectivity index (χ3n) is 5.07. The van der Waals surface area contributed by atoms with Crippen molar-refractivity contribution in [3.63, 3.8) is 0 Å². The Morgan fingerprint density at radius 3 is 2.59 bits per heavy atom. The number of amides is 1. The molecule has 0 radical (unpaired) electrons. The summed E-state index contributed by atoms with van der Waals surface area (Å²) in [6, 6.07) is 11.0. The Hall–Kier alpha value is -2.44. The lowest BCUT2D eigenvalue weighted by Gasteiger charge is -2.19. The number of nitrogens with zero attached hydrogens (tertiary/aromatic N) is 1. The molecule has 1 atom stereocenters. The molecule has 168 valence electrons. The zero-order chi connectivity index (χ0) is 23.0. The van der Waals surface area contributed by atoms with Crippen LogP contribution in [0, 0.1) is 5.41 Å². The Morgan fingerprint density at radius 1 is 1.19 bits per heavy atom. The molecule has 1 fully saturated rings. The van der Waals surface area contributed by atoms with Gasteiger partial charge in [0.15, 0.2) is 0 Å². The minimum Gasteiger partial charge on any atom is -0.398 e. The third-order valence-corrected chi connectivity index (χ3v) is 9.55. The fourth-order valence-electron chi connectivity index (χ4n) is 3.41. The van der Waals surface area contributed by atoms with Crippen LogP contribution in [-0.4, -0.2) is 37.6 Å². The summed E-state index contributed by atoms with van der Waals surface area (Å²) in [7, 11) is -3.86. The molecule has 1 saturated heterocycles. The van der Waals surface area contributed by atoms with E-state index in [0.29, 0.717) is 34.1 Å². The van der Waals surface area contributed by atoms with Gasteiger partial charge in [-0.1, -0.05) is 11.6 Å². The highest BCUT2D eigenvalue weighted by atomic mass is 35.5. The van der Waals surface area contributed by atoms with Crippen molar-refractivity contribution >= 4 is 61.7 Å². The summed E-state index contributed by atoms with van der Waals surface area (Å²) < 4.78 is 29.0. The van der Waals surface area contributed by atoms with E-state index in [4.69, 9.17) is 28.5 Å². The average molecular weight is 510 g/mol. The number of carbonyl (C=O) groups is 1. The largest absolute Gasteiger partial charge is 0.398 e. The first-order chi connectivity index (χ1) is 15.1. The van der Waals surface area contributed by atoms with Crippen molar-refractivity contribution in [3.8, 4) is 9.75 Å². The van der Waals surface area contributed by atoms with E-state index in [1.165, 1.54) is 17.4 Å². The number of nitrogens with one attached hydrogen (secondary N) is 2. The highest BCUT2D eigenvalue weighted by Crippen LogP contribution is 2.37. The molecule has 1 aliphatic heterocycles. The number of hydrogen-bond donors (Lipinski definition) is 4. The zero-order valence-corrected chi connectivity index (χ0v) is 19.9. The number of carbonyl (C=O) groups excluding carboxylic acids is 1. The van der Waals surface area contributed by atoms with Gasteiger partial charge in [0.05, 0.1) is 4.34 Å². The van der Waals surface area contributed by atoms with E-state index in [2.05, 4.69) is 4.72 Å². The first-order valence-corrected chi connectivity index (χ1v) is 13.0. The van der Waals surface area contributed by atoms with Crippen molar-refractivity contribution in [2.75, 3.05) is 12.3 Å². The van der Waals surface area contributed by atoms with E-state index >= 15 is 0 Å². The van der Waals surface area contributed by atoms with Gasteiger partial charge < -0.3 is 16.4 Å². The summed E-state index contributed by atoms with van der Waals surface area (Å²) in [5.41, 5.74) is 13.2. The highest BCUT2D eigenvalue weighted by molar-refractivity contribution is 7.91. The van der Waals surface area contributed by atoms with Crippen LogP contribution in [-0.2, 0) is 21.4 Å². The van der Waals surface area contributed by atoms with Crippen LogP contribution in [0.2, 0.25) is 4.34 Å². The van der Waals surface area contributed by atoms with Crippen molar-refractivity contribution in [1.82, 2.24) is 9.62 Å². The van der Waals surface area contributed by atoms with Gasteiger partial charge in [0.25, 0.3) is 10.0 Å². The first kappa shape index (κ1) is 22.7. The number of likely N-dealkylation sites (tertiary alicyclic amines) is 1. The van der Waals surface area contributed by atoms with E-state index < -0.39 is 16.1 Å². The van der Waals surface area contributed by atoms with Gasteiger partial charge in [-0.2, -0.15) is 4.72 Å². The Bertz CT molecular complexity index is 1300. The standard InChI is InChI=1S/C20H20ClN5O3S3/c21-17-5-3-15(30-17)16-4-6-18(31-16)32(28,29)25-14-7-8-26(20(14)27)10-12-9-11(19(23)24)1-2-13(12)22/h1-6,9,14,25H,7-8,10,22H2,(H3,23,24)/t14-/m0/s1. The van der Waals surface area contributed by atoms with Gasteiger partial charge in [-0.15, -0.1) is 22.7 Å². The van der Waals surface area contributed by atoms with Gasteiger partial charge >= 0.3 is 0 Å². The number of halogens is 1. The van der Waals surface area contributed by atoms with Crippen LogP contribution in [0.5, 0.6) is 0 Å². The summed E-state index contributed by atoms with van der Waals surface area (Å²) in [4.78, 5) is 16.1. The lowest BCUT2D eigenvalue weighted by molar-refractivity contribution is -0.129. The summed E-state index contributed by atoms with van der Waals surface area (Å²) in [5.74, 6) is -0.409. The van der Waals surface area contributed by atoms with Crippen molar-refractivity contribution in [3.05, 3.63) is 57.9 Å². The number of amidine groups is 1. The van der Waals surface area contributed by atoms with Gasteiger partial charge in [-0.25, -0.2) is 8.42 Å². The molecule has 6 N–H and O–H groups in total. The van der Waals surface area contributed by atoms with Gasteiger partial charge in [0, 0.05) is 34.1 Å². The Morgan fingerprint density at radius 2 is 1.91 bits per heavy atom. The van der Waals surface area contributed by atoms with Crippen molar-refractivity contribution in [2.45, 2.75) is 23.2 Å². The lowest BCUT2D eigenvalue weighted by atomic mass is 10.1. The molecule has 1 amide bonds. The monoisotopic (exact) mass is 509 g/mol. The predicted molar refractivity (Wildman–Crippen MR) is 129 cm³/mol. The van der Waals surface area contributed by atoms with Gasteiger partial charge in [-0.3, -0.25) is 10.2 Å². The molecular weight excluding hydrogens is 490 g/mol. The SMILES string of the molecule is N=C(N)c1ccc(N)c(CN2CC[C@H](NS(=O)(=O)c3ccc(-c4ccc(Cl)s4)s3)C2=O)c1. The van der Waals surface area contributed by atoms with Crippen LogP contribution in [0.3, 0.4) is 0 Å². The molecule has 12 heteroatoms. The number of anilines is 1. The summed E-state index contributed by atoms with van der Waals surface area (Å²) in [6.45, 7) is 0.603. The highest BCUT2D eigenvalue weighted by Gasteiger charge is 2.35. The second kappa shape index (κ2) is 8.83. The smallest absolute Gasteiger partial charge is 0.250 e. The Balaban J connectivity index is 1.46. The van der Waals surface area contributed by atoms with Crippen LogP contribution in [0.25, 0.3) is 9.75 Å². The van der Waals surface area contributed by atoms with Crippen LogP contribution in [0.15, 0.2) is 46.7 Å². The molecule has 0 spiro atoms. The van der Waals surface area contributed by atoms with Crippen molar-refractivity contribution < 1.29 is 13.2 Å². The molecule has 0 bridgehead atoms. The van der Waals surface area contributed by atoms with Crippen molar-refractivity contribution in [2.24, 2.45) is 5.73 Å². The summed E-state index contributed by atoms with van der Waals surface area (Å²) >= 11 is 8.47. The number of hydrogen-bond acceptors (Lipinski definition) is 7. The van der Waals surface area contributed by atoms with E-state index in [-0.39, 0.29) is 22.5 Å². The van der Waals surface area contributed by atoms with Crippen molar-refractivity contribution in [1.29, 1.82) is 5.41 Å². The topological polar surface area (TPSA) is 142 Å². The average Bonchev–Trinajstić information content (AvgIpc) is 3.46. The molecule has 0 unspecified atom stereocenters. The number of nitrogens with two attached hydrogens (primary N) is 2. The third kappa shape index (κ3) is 4.66. The number of sulfonamides is 1. The van der Waals surface area contributed by atoms with Crippen LogP contribution < -0.4 is 16.2 Å². The molecule has 1 aliphatic rings. The maximum Gasteiger partial charge on any atom is 0.250 e. The summed E-state index contributed by atoms with van der Waals surface area (Å²) in [5, 5.41) is 7.57. The minimum absolute atomic E-state index is 0.0928. The van der Waals surface area contributed by atoms with Gasteiger partial charge in [0.2, 0.25) is 5.91 Å². The molecule has 0 saturated carbocycles. The molecule has 8 nitrogen and oxygen atoms in total. The van der Waals surface area contributed by atoms with E-state index in [0.717, 1.165) is 21.1 Å². The summed E-state index contributed by atoms with van der Waals surface area (Å²) in [6.07, 6.45) is 0.350. The predicted octanol–water partition coefficient (Wildman–Crippen LogP) is 3.08. The molecule has 1 aromatic carbocycles. The van der Waals surface area contributed by atoms with Crippen LogP contribution in [0.1, 0.15) is 17.5 Å². The zero-order valence-electron chi connectivity index (χ0n) is 16.7. The normalized spacial score (nSPS) is 16.6. The number of nitrogen functional groups attached to an aromatic ring is 2. The molecule has 4 rings (SSSR count). The molecule has 2 aromatic heterocycles. The molecule has 32 heavy (non-hydrogen) atoms. The van der Waals surface area contributed by atoms with Crippen LogP contribution in [0.4, 0.5) is 5.69 Å². The fourth-order valence-corrected chi connectivity index (χ4v) is 7.09.